The van der Waals surface area contributed by atoms with E-state index in [0.717, 1.165) is 0 Å². The Kier molecular flexibility index (Phi) is 40.8. The molecule has 0 heterocycles. The van der Waals surface area contributed by atoms with Crippen molar-refractivity contribution in [1.29, 1.82) is 0 Å². The summed E-state index contributed by atoms with van der Waals surface area (Å²) in [7, 11) is 4.94. The van der Waals surface area contributed by atoms with Crippen molar-refractivity contribution in [3.8, 4) is 0 Å². The molecule has 0 saturated carbocycles. The van der Waals surface area contributed by atoms with Gasteiger partial charge in [0.15, 0.2) is 0 Å². The van der Waals surface area contributed by atoms with Gasteiger partial charge in [0.05, 0.1) is 27.2 Å². The number of unbranched alkanes of at least 4 members (excludes halogenated alkanes) is 30. The van der Waals surface area contributed by atoms with Crippen LogP contribution in [-0.4, -0.2) is 38.3 Å². The molecule has 0 atom stereocenters. The molecule has 0 aliphatic carbocycles. The first kappa shape index (κ1) is 44.0. The maximum Gasteiger partial charge on any atom is 0.0782 e. The molecule has 0 spiro atoms. The van der Waals surface area contributed by atoms with Crippen LogP contribution in [0.1, 0.15) is 226 Å². The van der Waals surface area contributed by atoms with E-state index in [-0.39, 0.29) is 6.61 Å². The highest BCUT2D eigenvalue weighted by Crippen LogP contribution is 2.16. The Labute approximate surface area is 269 Å². The molecule has 0 amide bonds. The molecule has 0 N–H and O–H groups in total. The van der Waals surface area contributed by atoms with Crippen LogP contribution in [0.5, 0.6) is 0 Å². The summed E-state index contributed by atoms with van der Waals surface area (Å²) in [6.45, 7) is 8.96. The summed E-state index contributed by atoms with van der Waals surface area (Å²) in [5.74, 6) is 0. The summed E-state index contributed by atoms with van der Waals surface area (Å²) in [6, 6.07) is 0. The molecule has 0 aliphatic heterocycles. The Hall–Kier alpha value is -0.0800. The molecule has 0 fully saturated rings. The van der Waals surface area contributed by atoms with Crippen LogP contribution in [0, 0.1) is 0 Å². The third-order valence-corrected chi connectivity index (χ3v) is 9.23. The van der Waals surface area contributed by atoms with Crippen molar-refractivity contribution in [1.82, 2.24) is 0 Å². The summed E-state index contributed by atoms with van der Waals surface area (Å²) in [5.41, 5.74) is 0. The number of quaternary nitrogens is 1. The molecule has 256 valence electrons. The van der Waals surface area contributed by atoms with Crippen LogP contribution in [0.15, 0.2) is 0 Å². The van der Waals surface area contributed by atoms with E-state index in [1.807, 2.05) is 0 Å². The van der Waals surface area contributed by atoms with Crippen molar-refractivity contribution in [2.24, 2.45) is 0 Å². The number of hydrogen-bond acceptors (Lipinski definition) is 1. The fourth-order valence-corrected chi connectivity index (χ4v) is 6.29. The van der Waals surface area contributed by atoms with Gasteiger partial charge in [-0.3, -0.25) is 0 Å². The summed E-state index contributed by atoms with van der Waals surface area (Å²) >= 11 is 0. The largest absolute Gasteiger partial charge is 0.855 e. The number of nitrogens with zero attached hydrogens (tertiary/aromatic N) is 1. The molecule has 0 aromatic rings. The zero-order valence-electron chi connectivity index (χ0n) is 30.6. The molecule has 0 saturated heterocycles. The first-order valence-electron chi connectivity index (χ1n) is 19.9. The molecule has 42 heavy (non-hydrogen) atoms. The topological polar surface area (TPSA) is 23.1 Å². The van der Waals surface area contributed by atoms with E-state index in [0.29, 0.717) is 0 Å². The average molecular weight is 596 g/mol. The highest BCUT2D eigenvalue weighted by Gasteiger charge is 2.13. The normalized spacial score (nSPS) is 11.6. The summed E-state index contributed by atoms with van der Waals surface area (Å²) < 4.78 is 1.25. The van der Waals surface area contributed by atoms with Crippen LogP contribution in [0.25, 0.3) is 0 Å². The van der Waals surface area contributed by atoms with Gasteiger partial charge < -0.3 is 9.59 Å². The lowest BCUT2D eigenvalue weighted by Gasteiger charge is -2.30. The average Bonchev–Trinajstić information content (AvgIpc) is 2.97. The first-order chi connectivity index (χ1) is 20.5. The predicted molar refractivity (Wildman–Crippen MR) is 191 cm³/mol. The molecule has 0 aliphatic rings. The van der Waals surface area contributed by atoms with E-state index < -0.39 is 0 Å². The summed E-state index contributed by atoms with van der Waals surface area (Å²) in [4.78, 5) is 0. The fraction of sp³-hybridized carbons (Fsp3) is 1.00. The molecular weight excluding hydrogens is 510 g/mol. The van der Waals surface area contributed by atoms with Gasteiger partial charge in [0, 0.05) is 0 Å². The van der Waals surface area contributed by atoms with Gasteiger partial charge in [0.1, 0.15) is 0 Å². The van der Waals surface area contributed by atoms with E-state index in [1.54, 1.807) is 6.92 Å². The quantitative estimate of drug-likeness (QED) is 0.0536. The van der Waals surface area contributed by atoms with Crippen molar-refractivity contribution in [2.45, 2.75) is 226 Å². The van der Waals surface area contributed by atoms with Crippen molar-refractivity contribution in [3.05, 3.63) is 0 Å². The molecule has 0 bridgehead atoms. The minimum absolute atomic E-state index is 0. The maximum absolute atomic E-state index is 8.93. The third-order valence-electron chi connectivity index (χ3n) is 9.23. The number of rotatable bonds is 34. The van der Waals surface area contributed by atoms with Crippen LogP contribution < -0.4 is 5.11 Å². The van der Waals surface area contributed by atoms with Crippen LogP contribution >= 0.6 is 0 Å². The standard InChI is InChI=1S/C38H80N.C2H5O/c1-5-7-9-11-13-15-17-19-21-23-25-27-29-31-33-35-37-39(3,4)38-36-34-32-30-28-26-24-22-20-18-16-14-12-10-8-6-2;1-2-3/h5-38H2,1-4H3;2H2,1H3/q+1;-1. The lowest BCUT2D eigenvalue weighted by atomic mass is 10.0. The van der Waals surface area contributed by atoms with Crippen molar-refractivity contribution >= 4 is 0 Å². The van der Waals surface area contributed by atoms with Crippen molar-refractivity contribution in [3.63, 3.8) is 0 Å². The second-order valence-corrected chi connectivity index (χ2v) is 14.3. The molecule has 0 radical (unpaired) electrons. The Bertz CT molecular complexity index is 411. The van der Waals surface area contributed by atoms with Gasteiger partial charge in [-0.05, 0) is 25.7 Å². The summed E-state index contributed by atoms with van der Waals surface area (Å²) in [6.07, 6.45) is 46.9. The Morgan fingerprint density at radius 1 is 0.286 bits per heavy atom. The molecule has 0 aromatic carbocycles. The van der Waals surface area contributed by atoms with Gasteiger partial charge in [-0.15, -0.1) is 6.61 Å². The van der Waals surface area contributed by atoms with Crippen LogP contribution in [0.3, 0.4) is 0 Å². The van der Waals surface area contributed by atoms with Crippen molar-refractivity contribution in [2.75, 3.05) is 33.8 Å². The van der Waals surface area contributed by atoms with Crippen LogP contribution in [-0.2, 0) is 0 Å². The van der Waals surface area contributed by atoms with E-state index in [4.69, 9.17) is 5.11 Å². The minimum Gasteiger partial charge on any atom is -0.855 e. The van der Waals surface area contributed by atoms with Crippen LogP contribution in [0.4, 0.5) is 0 Å². The van der Waals surface area contributed by atoms with Gasteiger partial charge in [-0.25, -0.2) is 0 Å². The lowest BCUT2D eigenvalue weighted by Crippen LogP contribution is -2.41. The SMILES string of the molecule is CCCCCCCCCCCCCCCCCC[N+](C)(C)CCCCCCCCCCCCCCCCCC.CC[O-]. The molecule has 2 nitrogen and oxygen atoms in total. The molecule has 0 rings (SSSR count). The van der Waals surface area contributed by atoms with E-state index in [9.17, 15) is 0 Å². The fourth-order valence-electron chi connectivity index (χ4n) is 6.29. The van der Waals surface area contributed by atoms with Crippen LogP contribution in [0.2, 0.25) is 0 Å². The Morgan fingerprint density at radius 2 is 0.429 bits per heavy atom. The highest BCUT2D eigenvalue weighted by molar-refractivity contribution is 4.52. The van der Waals surface area contributed by atoms with Gasteiger partial charge >= 0.3 is 0 Å². The van der Waals surface area contributed by atoms with E-state index >= 15 is 0 Å². The summed E-state index contributed by atoms with van der Waals surface area (Å²) in [5, 5.41) is 8.93. The smallest absolute Gasteiger partial charge is 0.0782 e. The number of hydrogen-bond donors (Lipinski definition) is 0. The van der Waals surface area contributed by atoms with E-state index in [1.165, 1.54) is 223 Å². The Balaban J connectivity index is 0. The molecule has 2 heteroatoms. The molecule has 0 aromatic heterocycles. The third kappa shape index (κ3) is 42.1. The highest BCUT2D eigenvalue weighted by atomic mass is 16.2. The zero-order valence-corrected chi connectivity index (χ0v) is 30.6. The van der Waals surface area contributed by atoms with Crippen molar-refractivity contribution < 1.29 is 9.59 Å². The first-order valence-corrected chi connectivity index (χ1v) is 19.9. The monoisotopic (exact) mass is 596 g/mol. The lowest BCUT2D eigenvalue weighted by molar-refractivity contribution is -0.890. The van der Waals surface area contributed by atoms with Gasteiger partial charge in [0.2, 0.25) is 0 Å². The van der Waals surface area contributed by atoms with Gasteiger partial charge in [-0.1, -0.05) is 201 Å². The Morgan fingerprint density at radius 3 is 0.595 bits per heavy atom. The minimum atomic E-state index is 0. The molecular formula is C40H85NO. The predicted octanol–water partition coefficient (Wildman–Crippen LogP) is 13.0. The van der Waals surface area contributed by atoms with Gasteiger partial charge in [-0.2, -0.15) is 0 Å². The van der Waals surface area contributed by atoms with E-state index in [2.05, 4.69) is 27.9 Å². The molecule has 0 unspecified atom stereocenters. The van der Waals surface area contributed by atoms with Gasteiger partial charge in [0.25, 0.3) is 0 Å². The second kappa shape index (κ2) is 38.9. The zero-order chi connectivity index (χ0) is 31.2. The maximum atomic E-state index is 8.93. The second-order valence-electron chi connectivity index (χ2n) is 14.3.